The molecule has 3 N–H and O–H groups in total. The summed E-state index contributed by atoms with van der Waals surface area (Å²) in [5, 5.41) is 3.55. The van der Waals surface area contributed by atoms with Crippen LogP contribution in [0.3, 0.4) is 0 Å². The molecule has 0 bridgehead atoms. The lowest BCUT2D eigenvalue weighted by molar-refractivity contribution is -0.117. The second-order valence-corrected chi connectivity index (χ2v) is 5.32. The normalized spacial score (nSPS) is 17.6. The molecule has 98 valence electrons. The van der Waals surface area contributed by atoms with Gasteiger partial charge in [0, 0.05) is 11.7 Å². The lowest BCUT2D eigenvalue weighted by atomic mass is 9.99. The van der Waals surface area contributed by atoms with Crippen LogP contribution in [0.1, 0.15) is 38.2 Å². The predicted molar refractivity (Wildman–Crippen MR) is 74.4 cm³/mol. The first kappa shape index (κ1) is 12.9. The molecule has 1 unspecified atom stereocenters. The molecule has 1 atom stereocenters. The van der Waals surface area contributed by atoms with Gasteiger partial charge >= 0.3 is 0 Å². The molecular weight excluding hydrogens is 224 g/mol. The molecule has 18 heavy (non-hydrogen) atoms. The Morgan fingerprint density at radius 3 is 2.50 bits per heavy atom. The molecular formula is C15H22N2O. The van der Waals surface area contributed by atoms with Gasteiger partial charge in [-0.2, -0.15) is 0 Å². The Balaban J connectivity index is 1.91. The Hall–Kier alpha value is -1.51. The van der Waals surface area contributed by atoms with Crippen LogP contribution >= 0.6 is 0 Å². The van der Waals surface area contributed by atoms with Crippen molar-refractivity contribution >= 4 is 11.6 Å². The Bertz CT molecular complexity index is 393. The third-order valence-electron chi connectivity index (χ3n) is 3.83. The Morgan fingerprint density at radius 1 is 1.33 bits per heavy atom. The van der Waals surface area contributed by atoms with Gasteiger partial charge in [-0.05, 0) is 43.4 Å². The first-order valence-corrected chi connectivity index (χ1v) is 6.79. The number of hydrogen-bond donors (Lipinski definition) is 2. The van der Waals surface area contributed by atoms with Crippen molar-refractivity contribution in [1.29, 1.82) is 0 Å². The molecule has 3 heteroatoms. The smallest absolute Gasteiger partial charge is 0.221 e. The minimum atomic E-state index is -0.282. The summed E-state index contributed by atoms with van der Waals surface area (Å²) < 4.78 is 0. The molecule has 1 fully saturated rings. The third-order valence-corrected chi connectivity index (χ3v) is 3.83. The molecule has 0 aliphatic heterocycles. The standard InChI is InChI=1S/C15H22N2O/c1-11(13-4-2-3-5-13)17-14-8-6-12(7-9-14)10-15(16)18/h6-9,11,13,17H,2-5,10H2,1H3,(H2,16,18). The summed E-state index contributed by atoms with van der Waals surface area (Å²) in [5.41, 5.74) is 7.27. The number of nitrogens with one attached hydrogen (secondary N) is 1. The number of primary amides is 1. The highest BCUT2D eigenvalue weighted by molar-refractivity contribution is 5.76. The second kappa shape index (κ2) is 5.89. The van der Waals surface area contributed by atoms with E-state index in [1.165, 1.54) is 25.7 Å². The quantitative estimate of drug-likeness (QED) is 0.839. The zero-order chi connectivity index (χ0) is 13.0. The van der Waals surface area contributed by atoms with Crippen molar-refractivity contribution in [2.75, 3.05) is 5.32 Å². The van der Waals surface area contributed by atoms with E-state index in [2.05, 4.69) is 12.2 Å². The maximum atomic E-state index is 10.8. The predicted octanol–water partition coefficient (Wildman–Crippen LogP) is 2.71. The highest BCUT2D eigenvalue weighted by atomic mass is 16.1. The van der Waals surface area contributed by atoms with Crippen LogP contribution in [0.5, 0.6) is 0 Å². The number of nitrogens with two attached hydrogens (primary N) is 1. The van der Waals surface area contributed by atoms with Gasteiger partial charge in [0.2, 0.25) is 5.91 Å². The summed E-state index contributed by atoms with van der Waals surface area (Å²) in [4.78, 5) is 10.8. The molecule has 0 saturated heterocycles. The largest absolute Gasteiger partial charge is 0.382 e. The zero-order valence-electron chi connectivity index (χ0n) is 11.0. The summed E-state index contributed by atoms with van der Waals surface area (Å²) in [5.74, 6) is 0.519. The number of amides is 1. The fourth-order valence-electron chi connectivity index (χ4n) is 2.76. The van der Waals surface area contributed by atoms with Gasteiger partial charge in [0.1, 0.15) is 0 Å². The van der Waals surface area contributed by atoms with Crippen molar-refractivity contribution in [3.63, 3.8) is 0 Å². The second-order valence-electron chi connectivity index (χ2n) is 5.32. The number of carbonyl (C=O) groups is 1. The van der Waals surface area contributed by atoms with Crippen molar-refractivity contribution in [1.82, 2.24) is 0 Å². The minimum Gasteiger partial charge on any atom is -0.382 e. The van der Waals surface area contributed by atoms with E-state index in [0.717, 1.165) is 17.2 Å². The molecule has 1 aromatic rings. The van der Waals surface area contributed by atoms with E-state index in [-0.39, 0.29) is 5.91 Å². The van der Waals surface area contributed by atoms with Gasteiger partial charge < -0.3 is 11.1 Å². The molecule has 1 aliphatic rings. The van der Waals surface area contributed by atoms with Gasteiger partial charge in [-0.15, -0.1) is 0 Å². The zero-order valence-corrected chi connectivity index (χ0v) is 11.0. The number of hydrogen-bond acceptors (Lipinski definition) is 2. The van der Waals surface area contributed by atoms with E-state index in [9.17, 15) is 4.79 Å². The third kappa shape index (κ3) is 3.49. The first-order chi connectivity index (χ1) is 8.65. The topological polar surface area (TPSA) is 55.1 Å². The molecule has 0 heterocycles. The van der Waals surface area contributed by atoms with Crippen molar-refractivity contribution in [3.05, 3.63) is 29.8 Å². The van der Waals surface area contributed by atoms with Crippen LogP contribution < -0.4 is 11.1 Å². The van der Waals surface area contributed by atoms with Crippen molar-refractivity contribution in [3.8, 4) is 0 Å². The minimum absolute atomic E-state index is 0.282. The SMILES string of the molecule is CC(Nc1ccc(CC(N)=O)cc1)C1CCCC1. The van der Waals surface area contributed by atoms with Crippen molar-refractivity contribution in [2.45, 2.75) is 45.1 Å². The Morgan fingerprint density at radius 2 is 1.94 bits per heavy atom. The Labute approximate surface area is 109 Å². The van der Waals surface area contributed by atoms with Crippen molar-refractivity contribution in [2.24, 2.45) is 11.7 Å². The number of rotatable bonds is 5. The maximum Gasteiger partial charge on any atom is 0.221 e. The lowest BCUT2D eigenvalue weighted by Crippen LogP contribution is -2.23. The van der Waals surface area contributed by atoms with Gasteiger partial charge in [0.15, 0.2) is 0 Å². The number of carbonyl (C=O) groups excluding carboxylic acids is 1. The molecule has 0 radical (unpaired) electrons. The van der Waals surface area contributed by atoms with Gasteiger partial charge in [-0.25, -0.2) is 0 Å². The number of benzene rings is 1. The lowest BCUT2D eigenvalue weighted by Gasteiger charge is -2.21. The summed E-state index contributed by atoms with van der Waals surface area (Å²) in [6.07, 6.45) is 5.74. The highest BCUT2D eigenvalue weighted by Crippen LogP contribution is 2.29. The van der Waals surface area contributed by atoms with Crippen LogP contribution in [0, 0.1) is 5.92 Å². The molecule has 1 amide bonds. The van der Waals surface area contributed by atoms with E-state index in [0.29, 0.717) is 12.5 Å². The van der Waals surface area contributed by atoms with Crippen LogP contribution in [-0.4, -0.2) is 11.9 Å². The molecule has 2 rings (SSSR count). The highest BCUT2D eigenvalue weighted by Gasteiger charge is 2.21. The van der Waals surface area contributed by atoms with Gasteiger partial charge in [0.25, 0.3) is 0 Å². The molecule has 3 nitrogen and oxygen atoms in total. The Kier molecular flexibility index (Phi) is 4.24. The summed E-state index contributed by atoms with van der Waals surface area (Å²) in [7, 11) is 0. The molecule has 1 saturated carbocycles. The van der Waals surface area contributed by atoms with Gasteiger partial charge in [-0.3, -0.25) is 4.79 Å². The van der Waals surface area contributed by atoms with E-state index in [4.69, 9.17) is 5.73 Å². The van der Waals surface area contributed by atoms with Gasteiger partial charge in [0.05, 0.1) is 6.42 Å². The average Bonchev–Trinajstić information content (AvgIpc) is 2.84. The van der Waals surface area contributed by atoms with E-state index in [1.807, 2.05) is 24.3 Å². The van der Waals surface area contributed by atoms with E-state index >= 15 is 0 Å². The maximum absolute atomic E-state index is 10.8. The fraction of sp³-hybridized carbons (Fsp3) is 0.533. The summed E-state index contributed by atoms with van der Waals surface area (Å²) in [6, 6.07) is 8.52. The molecule has 1 aliphatic carbocycles. The molecule has 0 spiro atoms. The number of anilines is 1. The van der Waals surface area contributed by atoms with Crippen LogP contribution in [-0.2, 0) is 11.2 Å². The van der Waals surface area contributed by atoms with Gasteiger partial charge in [-0.1, -0.05) is 25.0 Å². The van der Waals surface area contributed by atoms with Crippen LogP contribution in [0.2, 0.25) is 0 Å². The monoisotopic (exact) mass is 246 g/mol. The van der Waals surface area contributed by atoms with E-state index in [1.54, 1.807) is 0 Å². The van der Waals surface area contributed by atoms with Crippen molar-refractivity contribution < 1.29 is 4.79 Å². The molecule has 0 aromatic heterocycles. The van der Waals surface area contributed by atoms with Crippen LogP contribution in [0.4, 0.5) is 5.69 Å². The summed E-state index contributed by atoms with van der Waals surface area (Å²) >= 11 is 0. The average molecular weight is 246 g/mol. The van der Waals surface area contributed by atoms with Crippen LogP contribution in [0.15, 0.2) is 24.3 Å². The van der Waals surface area contributed by atoms with Crippen LogP contribution in [0.25, 0.3) is 0 Å². The fourth-order valence-corrected chi connectivity index (χ4v) is 2.76. The molecule has 1 aromatic carbocycles. The van der Waals surface area contributed by atoms with E-state index < -0.39 is 0 Å². The summed E-state index contributed by atoms with van der Waals surface area (Å²) in [6.45, 7) is 2.26. The first-order valence-electron chi connectivity index (χ1n) is 6.79.